The summed E-state index contributed by atoms with van der Waals surface area (Å²) >= 11 is 0. The number of nitrogens with one attached hydrogen (secondary N) is 1. The molecule has 3 aliphatic heterocycles. The third kappa shape index (κ3) is 17.8. The lowest BCUT2D eigenvalue weighted by Gasteiger charge is -2.14. The lowest BCUT2D eigenvalue weighted by atomic mass is 10.2. The van der Waals surface area contributed by atoms with Gasteiger partial charge in [0, 0.05) is 53.6 Å². The quantitative estimate of drug-likeness (QED) is 0.481. The predicted octanol–water partition coefficient (Wildman–Crippen LogP) is 0.500. The highest BCUT2D eigenvalue weighted by atomic mass is 16.5. The van der Waals surface area contributed by atoms with Gasteiger partial charge in [0.1, 0.15) is 13.2 Å². The molecular weight excluding hydrogens is 428 g/mol. The smallest absolute Gasteiger partial charge is 0.329 e. The van der Waals surface area contributed by atoms with E-state index < -0.39 is 5.97 Å². The summed E-state index contributed by atoms with van der Waals surface area (Å²) < 4.78 is 13.9. The molecule has 3 saturated heterocycles. The Bertz CT molecular complexity index is 505. The van der Waals surface area contributed by atoms with Crippen LogP contribution in [0.25, 0.3) is 0 Å². The highest BCUT2D eigenvalue weighted by Crippen LogP contribution is 2.14. The Morgan fingerprint density at radius 1 is 0.970 bits per heavy atom. The molecule has 33 heavy (non-hydrogen) atoms. The van der Waals surface area contributed by atoms with Gasteiger partial charge in [-0.15, -0.1) is 0 Å². The Labute approximate surface area is 200 Å². The van der Waals surface area contributed by atoms with Gasteiger partial charge in [0.05, 0.1) is 6.61 Å². The van der Waals surface area contributed by atoms with Crippen LogP contribution in [0.4, 0.5) is 0 Å². The van der Waals surface area contributed by atoms with Crippen molar-refractivity contribution in [3.63, 3.8) is 0 Å². The molecule has 0 bridgehead atoms. The summed E-state index contributed by atoms with van der Waals surface area (Å²) in [5.41, 5.74) is 5.71. The lowest BCUT2D eigenvalue weighted by Crippen LogP contribution is -2.31. The number of likely N-dealkylation sites (tertiary alicyclic amines) is 2. The Hall–Kier alpha value is -1.30. The molecular formula is C23H48N4O6. The topological polar surface area (TPSA) is 127 Å². The number of carbonyl (C=O) groups excluding carboxylic acids is 1. The van der Waals surface area contributed by atoms with Gasteiger partial charge in [-0.3, -0.25) is 9.69 Å². The number of nitrogens with two attached hydrogens (primary N) is 1. The van der Waals surface area contributed by atoms with Gasteiger partial charge in [-0.1, -0.05) is 13.8 Å². The molecule has 3 aliphatic rings. The second-order valence-corrected chi connectivity index (χ2v) is 8.93. The summed E-state index contributed by atoms with van der Waals surface area (Å²) in [5.74, 6) is 0.787. The minimum Gasteiger partial charge on any atom is -0.480 e. The van der Waals surface area contributed by atoms with E-state index in [9.17, 15) is 9.59 Å². The zero-order valence-corrected chi connectivity index (χ0v) is 21.4. The van der Waals surface area contributed by atoms with Crippen LogP contribution in [0.2, 0.25) is 0 Å². The number of hydrogen-bond donors (Lipinski definition) is 3. The average Bonchev–Trinajstić information content (AvgIpc) is 3.51. The highest BCUT2D eigenvalue weighted by Gasteiger charge is 2.22. The van der Waals surface area contributed by atoms with E-state index >= 15 is 0 Å². The molecule has 0 saturated carbocycles. The molecule has 10 heteroatoms. The minimum absolute atomic E-state index is 0.122. The number of rotatable bonds is 7. The zero-order chi connectivity index (χ0) is 25.1. The third-order valence-electron chi connectivity index (χ3n) is 5.54. The molecule has 3 unspecified atom stereocenters. The number of amides is 1. The van der Waals surface area contributed by atoms with Crippen molar-refractivity contribution in [1.29, 1.82) is 0 Å². The van der Waals surface area contributed by atoms with Gasteiger partial charge in [0.15, 0.2) is 0 Å². The fourth-order valence-electron chi connectivity index (χ4n) is 3.58. The summed E-state index contributed by atoms with van der Waals surface area (Å²) in [6.07, 6.45) is 3.65. The summed E-state index contributed by atoms with van der Waals surface area (Å²) in [7, 11) is 4.63. The number of hydrogen-bond acceptors (Lipinski definition) is 8. The van der Waals surface area contributed by atoms with Crippen LogP contribution in [0, 0.1) is 11.8 Å². The third-order valence-corrected chi connectivity index (χ3v) is 5.54. The average molecular weight is 477 g/mol. The molecule has 1 amide bonds. The maximum atomic E-state index is 11.2. The molecule has 3 fully saturated rings. The summed E-state index contributed by atoms with van der Waals surface area (Å²) in [4.78, 5) is 24.9. The standard InChI is InChI=1S/C8H15NO2.C7H16N2O.C5H11N.C3H6O3/c1-7-3-4-9(5-7)8(10)6-11-2;1-10-5-4-9-3-2-7(8)6-9;1-5-2-3-6-4-5;1-6-2-3(4)5/h7H,3-6H2,1-2H3;7H,2-6,8H2,1H3;5-6H,2-4H2,1H3;2H2,1H3,(H,4,5). The minimum atomic E-state index is -0.933. The van der Waals surface area contributed by atoms with Gasteiger partial charge in [-0.25, -0.2) is 4.79 Å². The molecule has 0 radical (unpaired) electrons. The monoisotopic (exact) mass is 476 g/mol. The van der Waals surface area contributed by atoms with Crippen molar-refractivity contribution in [2.45, 2.75) is 39.2 Å². The van der Waals surface area contributed by atoms with Crippen LogP contribution in [0.5, 0.6) is 0 Å². The predicted molar refractivity (Wildman–Crippen MR) is 129 cm³/mol. The van der Waals surface area contributed by atoms with Crippen molar-refractivity contribution in [1.82, 2.24) is 15.1 Å². The molecule has 3 rings (SSSR count). The van der Waals surface area contributed by atoms with Crippen molar-refractivity contribution in [3.8, 4) is 0 Å². The molecule has 0 aromatic heterocycles. The van der Waals surface area contributed by atoms with E-state index in [1.54, 1.807) is 14.2 Å². The van der Waals surface area contributed by atoms with E-state index in [-0.39, 0.29) is 19.1 Å². The Morgan fingerprint density at radius 2 is 1.67 bits per heavy atom. The van der Waals surface area contributed by atoms with Crippen molar-refractivity contribution in [3.05, 3.63) is 0 Å². The Balaban J connectivity index is 0.000000430. The van der Waals surface area contributed by atoms with Gasteiger partial charge < -0.3 is 35.3 Å². The number of nitrogens with zero attached hydrogens (tertiary/aromatic N) is 2. The van der Waals surface area contributed by atoms with Crippen LogP contribution < -0.4 is 11.1 Å². The Morgan fingerprint density at radius 3 is 2.00 bits per heavy atom. The molecule has 196 valence electrons. The number of carboxylic acids is 1. The fraction of sp³-hybridized carbons (Fsp3) is 0.913. The maximum Gasteiger partial charge on any atom is 0.329 e. The zero-order valence-electron chi connectivity index (χ0n) is 21.4. The first-order valence-electron chi connectivity index (χ1n) is 11.9. The van der Waals surface area contributed by atoms with Crippen molar-refractivity contribution in [2.75, 3.05) is 87.0 Å². The van der Waals surface area contributed by atoms with E-state index in [4.69, 9.17) is 20.3 Å². The lowest BCUT2D eigenvalue weighted by molar-refractivity contribution is -0.141. The molecule has 10 nitrogen and oxygen atoms in total. The van der Waals surface area contributed by atoms with E-state index in [1.165, 1.54) is 26.6 Å². The van der Waals surface area contributed by atoms with Crippen LogP contribution in [0.1, 0.15) is 33.1 Å². The van der Waals surface area contributed by atoms with Crippen LogP contribution >= 0.6 is 0 Å². The number of carboxylic acid groups (broad SMARTS) is 1. The summed E-state index contributed by atoms with van der Waals surface area (Å²) in [6.45, 7) is 12.8. The van der Waals surface area contributed by atoms with Crippen molar-refractivity contribution in [2.24, 2.45) is 17.6 Å². The number of methoxy groups -OCH3 is 3. The first kappa shape index (κ1) is 31.7. The second-order valence-electron chi connectivity index (χ2n) is 8.93. The maximum absolute atomic E-state index is 11.2. The molecule has 0 aliphatic carbocycles. The largest absolute Gasteiger partial charge is 0.480 e. The number of ether oxygens (including phenoxy) is 3. The van der Waals surface area contributed by atoms with Crippen LogP contribution in [0.3, 0.4) is 0 Å². The molecule has 4 N–H and O–H groups in total. The first-order valence-corrected chi connectivity index (χ1v) is 11.9. The van der Waals surface area contributed by atoms with Gasteiger partial charge in [-0.05, 0) is 50.7 Å². The van der Waals surface area contributed by atoms with Gasteiger partial charge in [0.25, 0.3) is 0 Å². The Kier molecular flexibility index (Phi) is 19.3. The summed E-state index contributed by atoms with van der Waals surface area (Å²) in [5, 5.41) is 11.1. The molecule has 0 spiro atoms. The van der Waals surface area contributed by atoms with Gasteiger partial charge >= 0.3 is 5.97 Å². The van der Waals surface area contributed by atoms with Crippen molar-refractivity contribution < 1.29 is 28.9 Å². The van der Waals surface area contributed by atoms with Crippen molar-refractivity contribution >= 4 is 11.9 Å². The highest BCUT2D eigenvalue weighted by molar-refractivity contribution is 5.77. The van der Waals surface area contributed by atoms with Gasteiger partial charge in [-0.2, -0.15) is 0 Å². The second kappa shape index (κ2) is 20.1. The number of aliphatic carboxylic acids is 1. The summed E-state index contributed by atoms with van der Waals surface area (Å²) in [6, 6.07) is 0.400. The van der Waals surface area contributed by atoms with Crippen LogP contribution in [0.15, 0.2) is 0 Å². The van der Waals surface area contributed by atoms with E-state index in [1.807, 2.05) is 4.90 Å². The molecule has 0 aromatic rings. The molecule has 3 heterocycles. The van der Waals surface area contributed by atoms with Gasteiger partial charge in [0.2, 0.25) is 5.91 Å². The SMILES string of the molecule is CC1CCNC1.COCC(=O)N1CCC(C)C1.COCC(=O)O.COCCN1CCC(N)C1. The van der Waals surface area contributed by atoms with Crippen LogP contribution in [-0.2, 0) is 23.8 Å². The van der Waals surface area contributed by atoms with E-state index in [0.717, 1.165) is 58.1 Å². The molecule has 0 aromatic carbocycles. The number of carbonyl (C=O) groups is 2. The van der Waals surface area contributed by atoms with Crippen LogP contribution in [-0.4, -0.2) is 120 Å². The normalized spacial score (nSPS) is 24.2. The molecule has 3 atom stereocenters. The van der Waals surface area contributed by atoms with E-state index in [2.05, 4.69) is 28.8 Å². The first-order chi connectivity index (χ1) is 15.7. The van der Waals surface area contributed by atoms with E-state index in [0.29, 0.717) is 12.0 Å². The fourth-order valence-corrected chi connectivity index (χ4v) is 3.58.